The Balaban J connectivity index is 2.16. The summed E-state index contributed by atoms with van der Waals surface area (Å²) in [4.78, 5) is 22.3. The molecule has 0 aliphatic carbocycles. The van der Waals surface area contributed by atoms with Gasteiger partial charge in [-0.1, -0.05) is 29.8 Å². The van der Waals surface area contributed by atoms with E-state index in [1.54, 1.807) is 0 Å². The summed E-state index contributed by atoms with van der Waals surface area (Å²) in [6, 6.07) is 9.69. The number of nitrogens with zero attached hydrogens (tertiary/aromatic N) is 1. The molecule has 7 heteroatoms. The largest absolute Gasteiger partial charge is 0.348 e. The van der Waals surface area contributed by atoms with Crippen LogP contribution in [-0.2, 0) is 6.54 Å². The van der Waals surface area contributed by atoms with Gasteiger partial charge in [0, 0.05) is 6.54 Å². The summed E-state index contributed by atoms with van der Waals surface area (Å²) in [6.45, 7) is 0.128. The van der Waals surface area contributed by atoms with Crippen molar-refractivity contribution in [3.63, 3.8) is 0 Å². The highest BCUT2D eigenvalue weighted by atomic mass is 35.5. The SMILES string of the molecule is O=C(NCc1ccc(F)cc1)c1cccc(Cl)c1[N+](=O)[O-]. The van der Waals surface area contributed by atoms with Crippen LogP contribution in [-0.4, -0.2) is 10.8 Å². The molecule has 0 radical (unpaired) electrons. The molecule has 0 saturated carbocycles. The second-order valence-corrected chi connectivity index (χ2v) is 4.61. The summed E-state index contributed by atoms with van der Waals surface area (Å²) in [6.07, 6.45) is 0. The van der Waals surface area contributed by atoms with E-state index in [-0.39, 0.29) is 22.9 Å². The number of nitro groups is 1. The first-order valence-corrected chi connectivity index (χ1v) is 6.32. The van der Waals surface area contributed by atoms with E-state index in [4.69, 9.17) is 11.6 Å². The zero-order valence-electron chi connectivity index (χ0n) is 10.7. The number of carbonyl (C=O) groups excluding carboxylic acids is 1. The fourth-order valence-corrected chi connectivity index (χ4v) is 2.01. The van der Waals surface area contributed by atoms with Crippen molar-refractivity contribution < 1.29 is 14.1 Å². The van der Waals surface area contributed by atoms with Gasteiger partial charge in [-0.05, 0) is 29.8 Å². The smallest absolute Gasteiger partial charge is 0.300 e. The van der Waals surface area contributed by atoms with Gasteiger partial charge >= 0.3 is 5.69 Å². The third-order valence-corrected chi connectivity index (χ3v) is 3.09. The fraction of sp³-hybridized carbons (Fsp3) is 0.0714. The molecule has 0 aliphatic heterocycles. The van der Waals surface area contributed by atoms with Crippen LogP contribution in [0.2, 0.25) is 5.02 Å². The summed E-state index contributed by atoms with van der Waals surface area (Å²) in [5.41, 5.74) is 0.125. The maximum Gasteiger partial charge on any atom is 0.300 e. The minimum Gasteiger partial charge on any atom is -0.348 e. The van der Waals surface area contributed by atoms with Crippen LogP contribution in [0.25, 0.3) is 0 Å². The maximum absolute atomic E-state index is 12.8. The Morgan fingerprint density at radius 1 is 1.24 bits per heavy atom. The zero-order chi connectivity index (χ0) is 15.4. The normalized spacial score (nSPS) is 10.2. The molecule has 0 aromatic heterocycles. The summed E-state index contributed by atoms with van der Waals surface area (Å²) >= 11 is 5.74. The minimum absolute atomic E-state index is 0.102. The lowest BCUT2D eigenvalue weighted by molar-refractivity contribution is -0.385. The Morgan fingerprint density at radius 3 is 2.52 bits per heavy atom. The van der Waals surface area contributed by atoms with Crippen LogP contribution < -0.4 is 5.32 Å². The number of para-hydroxylation sites is 1. The van der Waals surface area contributed by atoms with E-state index in [1.807, 2.05) is 0 Å². The molecule has 2 rings (SSSR count). The molecule has 2 aromatic carbocycles. The lowest BCUT2D eigenvalue weighted by atomic mass is 10.1. The second-order valence-electron chi connectivity index (χ2n) is 4.20. The van der Waals surface area contributed by atoms with Crippen molar-refractivity contribution >= 4 is 23.2 Å². The van der Waals surface area contributed by atoms with Gasteiger partial charge in [-0.25, -0.2) is 4.39 Å². The number of halogens is 2. The van der Waals surface area contributed by atoms with Crippen molar-refractivity contribution in [3.05, 3.63) is 74.5 Å². The van der Waals surface area contributed by atoms with E-state index in [2.05, 4.69) is 5.32 Å². The number of nitrogens with one attached hydrogen (secondary N) is 1. The van der Waals surface area contributed by atoms with Crippen LogP contribution in [0.3, 0.4) is 0 Å². The molecule has 0 aliphatic rings. The summed E-state index contributed by atoms with van der Waals surface area (Å²) in [5, 5.41) is 13.4. The van der Waals surface area contributed by atoms with Crippen LogP contribution in [0, 0.1) is 15.9 Å². The highest BCUT2D eigenvalue weighted by molar-refractivity contribution is 6.33. The van der Waals surface area contributed by atoms with Gasteiger partial charge in [-0.3, -0.25) is 14.9 Å². The van der Waals surface area contributed by atoms with E-state index in [9.17, 15) is 19.3 Å². The van der Waals surface area contributed by atoms with Crippen LogP contribution in [0.4, 0.5) is 10.1 Å². The molecule has 0 heterocycles. The number of rotatable bonds is 4. The molecule has 1 amide bonds. The Hall–Kier alpha value is -2.47. The van der Waals surface area contributed by atoms with Crippen LogP contribution in [0.5, 0.6) is 0 Å². The summed E-state index contributed by atoms with van der Waals surface area (Å²) in [5.74, 6) is -0.996. The van der Waals surface area contributed by atoms with Gasteiger partial charge in [0.1, 0.15) is 16.4 Å². The van der Waals surface area contributed by atoms with Crippen molar-refractivity contribution in [2.24, 2.45) is 0 Å². The lowest BCUT2D eigenvalue weighted by Gasteiger charge is -2.06. The molecule has 0 unspecified atom stereocenters. The molecule has 108 valence electrons. The highest BCUT2D eigenvalue weighted by Gasteiger charge is 2.23. The molecule has 21 heavy (non-hydrogen) atoms. The Kier molecular flexibility index (Phi) is 4.49. The predicted octanol–water partition coefficient (Wildman–Crippen LogP) is 3.32. The molecule has 0 fully saturated rings. The van der Waals surface area contributed by atoms with Crippen molar-refractivity contribution in [2.75, 3.05) is 0 Å². The third-order valence-electron chi connectivity index (χ3n) is 2.78. The quantitative estimate of drug-likeness (QED) is 0.695. The Bertz CT molecular complexity index is 689. The molecular formula is C14H10ClFN2O3. The number of carbonyl (C=O) groups is 1. The molecular weight excluding hydrogens is 299 g/mol. The van der Waals surface area contributed by atoms with E-state index < -0.39 is 16.5 Å². The first-order valence-electron chi connectivity index (χ1n) is 5.94. The standard InChI is InChI=1S/C14H10ClFN2O3/c15-12-3-1-2-11(13(12)18(20)21)14(19)17-8-9-4-6-10(16)7-5-9/h1-7H,8H2,(H,17,19). The maximum atomic E-state index is 12.8. The van der Waals surface area contributed by atoms with E-state index in [0.29, 0.717) is 5.56 Å². The second kappa shape index (κ2) is 6.32. The van der Waals surface area contributed by atoms with Crippen molar-refractivity contribution in [1.29, 1.82) is 0 Å². The van der Waals surface area contributed by atoms with Gasteiger partial charge in [0.15, 0.2) is 0 Å². The lowest BCUT2D eigenvalue weighted by Crippen LogP contribution is -2.23. The molecule has 0 spiro atoms. The minimum atomic E-state index is -0.699. The van der Waals surface area contributed by atoms with E-state index in [1.165, 1.54) is 42.5 Å². The number of hydrogen-bond acceptors (Lipinski definition) is 3. The molecule has 5 nitrogen and oxygen atoms in total. The van der Waals surface area contributed by atoms with Gasteiger partial charge in [0.2, 0.25) is 0 Å². The third kappa shape index (κ3) is 3.55. The van der Waals surface area contributed by atoms with E-state index >= 15 is 0 Å². The zero-order valence-corrected chi connectivity index (χ0v) is 11.4. The highest BCUT2D eigenvalue weighted by Crippen LogP contribution is 2.28. The topological polar surface area (TPSA) is 72.2 Å². The average Bonchev–Trinajstić information content (AvgIpc) is 2.45. The van der Waals surface area contributed by atoms with Crippen molar-refractivity contribution in [1.82, 2.24) is 5.32 Å². The molecule has 1 N–H and O–H groups in total. The Labute approximate surface area is 124 Å². The predicted molar refractivity (Wildman–Crippen MR) is 75.7 cm³/mol. The van der Waals surface area contributed by atoms with Crippen molar-refractivity contribution in [3.8, 4) is 0 Å². The number of amides is 1. The molecule has 0 bridgehead atoms. The molecule has 0 atom stereocenters. The number of hydrogen-bond donors (Lipinski definition) is 1. The summed E-state index contributed by atoms with van der Waals surface area (Å²) in [7, 11) is 0. The number of benzene rings is 2. The molecule has 0 saturated heterocycles. The molecule has 2 aromatic rings. The van der Waals surface area contributed by atoms with E-state index in [0.717, 1.165) is 0 Å². The fourth-order valence-electron chi connectivity index (χ4n) is 1.76. The number of nitro benzene ring substituents is 1. The van der Waals surface area contributed by atoms with Gasteiger partial charge in [-0.15, -0.1) is 0 Å². The van der Waals surface area contributed by atoms with Crippen LogP contribution >= 0.6 is 11.6 Å². The van der Waals surface area contributed by atoms with Gasteiger partial charge in [0.05, 0.1) is 4.92 Å². The van der Waals surface area contributed by atoms with Gasteiger partial charge in [-0.2, -0.15) is 0 Å². The van der Waals surface area contributed by atoms with Crippen LogP contribution in [0.1, 0.15) is 15.9 Å². The summed E-state index contributed by atoms with van der Waals surface area (Å²) < 4.78 is 12.8. The van der Waals surface area contributed by atoms with Crippen molar-refractivity contribution in [2.45, 2.75) is 6.54 Å². The van der Waals surface area contributed by atoms with Crippen LogP contribution in [0.15, 0.2) is 42.5 Å². The monoisotopic (exact) mass is 308 g/mol. The average molecular weight is 309 g/mol. The first-order chi connectivity index (χ1) is 9.99. The Morgan fingerprint density at radius 2 is 1.90 bits per heavy atom. The van der Waals surface area contributed by atoms with Gasteiger partial charge in [0.25, 0.3) is 5.91 Å². The first kappa shape index (κ1) is 14.9. The van der Waals surface area contributed by atoms with Gasteiger partial charge < -0.3 is 5.32 Å².